The fraction of sp³-hybridized carbons (Fsp3) is 0.650. The van der Waals surface area contributed by atoms with Crippen LogP contribution in [0.1, 0.15) is 37.7 Å². The van der Waals surface area contributed by atoms with Crippen LogP contribution in [0.2, 0.25) is 5.02 Å². The third-order valence-corrected chi connectivity index (χ3v) is 5.70. The number of aliphatic imine (C=N–C) groups is 1. The highest BCUT2D eigenvalue weighted by molar-refractivity contribution is 14.0. The summed E-state index contributed by atoms with van der Waals surface area (Å²) in [5, 5.41) is 4.49. The van der Waals surface area contributed by atoms with Crippen LogP contribution in [0, 0.1) is 0 Å². The minimum Gasteiger partial charge on any atom is -0.375 e. The lowest BCUT2D eigenvalue weighted by molar-refractivity contribution is -0.0817. The van der Waals surface area contributed by atoms with Gasteiger partial charge in [-0.3, -0.25) is 4.99 Å². The number of ether oxygens (including phenoxy) is 2. The second-order valence-corrected chi connectivity index (χ2v) is 7.79. The molecule has 4 unspecified atom stereocenters. The van der Waals surface area contributed by atoms with Crippen LogP contribution < -0.4 is 5.32 Å². The molecule has 1 aromatic rings. The molecule has 0 aromatic heterocycles. The molecule has 4 rings (SSSR count). The Morgan fingerprint density at radius 2 is 2.15 bits per heavy atom. The Hall–Kier alpha value is -0.570. The Morgan fingerprint density at radius 3 is 2.89 bits per heavy atom. The van der Waals surface area contributed by atoms with Gasteiger partial charge in [0.15, 0.2) is 5.96 Å². The summed E-state index contributed by atoms with van der Waals surface area (Å²) in [5.41, 5.74) is 1.31. The zero-order chi connectivity index (χ0) is 17.9. The van der Waals surface area contributed by atoms with Crippen LogP contribution in [0.15, 0.2) is 29.3 Å². The molecular formula is C20H29ClIN3O2. The second-order valence-electron chi connectivity index (χ2n) is 7.35. The third-order valence-electron chi connectivity index (χ3n) is 5.46. The van der Waals surface area contributed by atoms with Gasteiger partial charge >= 0.3 is 0 Å². The molecule has 0 bridgehead atoms. The summed E-state index contributed by atoms with van der Waals surface area (Å²) in [7, 11) is 0. The van der Waals surface area contributed by atoms with Gasteiger partial charge in [-0.25, -0.2) is 0 Å². The molecule has 1 aliphatic carbocycles. The molecule has 7 heteroatoms. The first-order valence-corrected chi connectivity index (χ1v) is 10.2. The third kappa shape index (κ3) is 5.28. The van der Waals surface area contributed by atoms with Crippen molar-refractivity contribution >= 4 is 41.5 Å². The highest BCUT2D eigenvalue weighted by Crippen LogP contribution is 2.41. The fourth-order valence-electron chi connectivity index (χ4n) is 4.00. The smallest absolute Gasteiger partial charge is 0.194 e. The molecule has 3 aliphatic rings. The standard InChI is InChI=1S/C20H28ClN3O2.HI/c1-2-22-20(23-17-12-16(17)14-5-3-6-15(21)11-14)24-8-10-26-19(13-24)18-7-4-9-25-18;/h3,5-6,11,16-19H,2,4,7-10,12-13H2,1H3,(H,22,23);1H. The van der Waals surface area contributed by atoms with Crippen molar-refractivity contribution in [2.75, 3.05) is 32.8 Å². The summed E-state index contributed by atoms with van der Waals surface area (Å²) >= 11 is 6.14. The Morgan fingerprint density at radius 1 is 1.30 bits per heavy atom. The maximum absolute atomic E-state index is 6.14. The molecule has 3 fully saturated rings. The summed E-state index contributed by atoms with van der Waals surface area (Å²) in [6.07, 6.45) is 3.76. The minimum atomic E-state index is 0. The van der Waals surface area contributed by atoms with Crippen molar-refractivity contribution in [1.29, 1.82) is 0 Å². The number of hydrogen-bond acceptors (Lipinski definition) is 3. The van der Waals surface area contributed by atoms with E-state index in [1.807, 2.05) is 12.1 Å². The lowest BCUT2D eigenvalue weighted by Gasteiger charge is -2.37. The van der Waals surface area contributed by atoms with Crippen molar-refractivity contribution in [2.24, 2.45) is 4.99 Å². The van der Waals surface area contributed by atoms with Gasteiger partial charge in [-0.15, -0.1) is 24.0 Å². The number of benzene rings is 1. The normalized spacial score (nSPS) is 30.7. The molecule has 2 heterocycles. The number of morpholine rings is 1. The molecule has 1 saturated carbocycles. The summed E-state index contributed by atoms with van der Waals surface area (Å²) in [6.45, 7) is 6.19. The van der Waals surface area contributed by atoms with Crippen molar-refractivity contribution in [1.82, 2.24) is 10.2 Å². The fourth-order valence-corrected chi connectivity index (χ4v) is 4.20. The van der Waals surface area contributed by atoms with Crippen LogP contribution in [0.3, 0.4) is 0 Å². The number of guanidine groups is 1. The van der Waals surface area contributed by atoms with Crippen molar-refractivity contribution < 1.29 is 9.47 Å². The second kappa shape index (κ2) is 9.76. The minimum absolute atomic E-state index is 0. The van der Waals surface area contributed by atoms with E-state index in [9.17, 15) is 0 Å². The molecule has 0 spiro atoms. The van der Waals surface area contributed by atoms with Crippen LogP contribution in [0.5, 0.6) is 0 Å². The van der Waals surface area contributed by atoms with Gasteiger partial charge in [-0.05, 0) is 43.9 Å². The quantitative estimate of drug-likeness (QED) is 0.385. The average molecular weight is 506 g/mol. The Bertz CT molecular complexity index is 654. The van der Waals surface area contributed by atoms with Gasteiger partial charge in [0.05, 0.1) is 12.7 Å². The van der Waals surface area contributed by atoms with Crippen molar-refractivity contribution in [3.8, 4) is 0 Å². The van der Waals surface area contributed by atoms with E-state index in [-0.39, 0.29) is 36.2 Å². The van der Waals surface area contributed by atoms with Gasteiger partial charge in [-0.1, -0.05) is 23.7 Å². The van der Waals surface area contributed by atoms with Crippen molar-refractivity contribution in [3.05, 3.63) is 34.9 Å². The van der Waals surface area contributed by atoms with E-state index in [2.05, 4.69) is 29.3 Å². The predicted octanol–water partition coefficient (Wildman–Crippen LogP) is 3.66. The summed E-state index contributed by atoms with van der Waals surface area (Å²) in [5.74, 6) is 1.53. The van der Waals surface area contributed by atoms with Crippen LogP contribution in [0.25, 0.3) is 0 Å². The molecule has 27 heavy (non-hydrogen) atoms. The summed E-state index contributed by atoms with van der Waals surface area (Å²) in [6, 6.07) is 8.63. The molecule has 1 N–H and O–H groups in total. The highest BCUT2D eigenvalue weighted by Gasteiger charge is 2.40. The van der Waals surface area contributed by atoms with Crippen LogP contribution in [-0.4, -0.2) is 62.0 Å². The zero-order valence-electron chi connectivity index (χ0n) is 15.8. The largest absolute Gasteiger partial charge is 0.375 e. The monoisotopic (exact) mass is 505 g/mol. The van der Waals surface area contributed by atoms with Gasteiger partial charge in [0.1, 0.15) is 6.10 Å². The van der Waals surface area contributed by atoms with Gasteiger partial charge in [0, 0.05) is 43.2 Å². The first-order chi connectivity index (χ1) is 12.7. The predicted molar refractivity (Wildman–Crippen MR) is 119 cm³/mol. The van der Waals surface area contributed by atoms with Gasteiger partial charge in [-0.2, -0.15) is 0 Å². The Labute approximate surface area is 183 Å². The zero-order valence-corrected chi connectivity index (χ0v) is 18.9. The van der Waals surface area contributed by atoms with E-state index >= 15 is 0 Å². The van der Waals surface area contributed by atoms with E-state index < -0.39 is 0 Å². The van der Waals surface area contributed by atoms with E-state index in [4.69, 9.17) is 26.1 Å². The maximum Gasteiger partial charge on any atom is 0.194 e. The van der Waals surface area contributed by atoms with E-state index in [1.165, 1.54) is 5.56 Å². The van der Waals surface area contributed by atoms with Crippen LogP contribution in [-0.2, 0) is 9.47 Å². The van der Waals surface area contributed by atoms with Crippen LogP contribution >= 0.6 is 35.6 Å². The topological polar surface area (TPSA) is 46.1 Å². The van der Waals surface area contributed by atoms with Gasteiger partial charge in [0.25, 0.3) is 0 Å². The number of rotatable bonds is 4. The molecule has 2 saturated heterocycles. The number of hydrogen-bond donors (Lipinski definition) is 1. The van der Waals surface area contributed by atoms with E-state index in [0.717, 1.165) is 63.1 Å². The Balaban J connectivity index is 0.00000210. The molecule has 1 aromatic carbocycles. The summed E-state index contributed by atoms with van der Waals surface area (Å²) < 4.78 is 11.8. The molecule has 5 nitrogen and oxygen atoms in total. The molecule has 150 valence electrons. The molecular weight excluding hydrogens is 477 g/mol. The molecule has 0 amide bonds. The number of nitrogens with zero attached hydrogens (tertiary/aromatic N) is 2. The maximum atomic E-state index is 6.14. The average Bonchev–Trinajstić information content (AvgIpc) is 3.20. The van der Waals surface area contributed by atoms with Gasteiger partial charge < -0.3 is 19.7 Å². The van der Waals surface area contributed by atoms with Crippen molar-refractivity contribution in [3.63, 3.8) is 0 Å². The first-order valence-electron chi connectivity index (χ1n) is 9.79. The first kappa shape index (κ1) is 21.1. The lowest BCUT2D eigenvalue weighted by atomic mass is 10.1. The SMILES string of the molecule is CCN=C(NC1CC1c1cccc(Cl)c1)N1CCOC(C2CCCO2)C1.I. The molecule has 0 radical (unpaired) electrons. The highest BCUT2D eigenvalue weighted by atomic mass is 127. The van der Waals surface area contributed by atoms with Crippen molar-refractivity contribution in [2.45, 2.75) is 50.4 Å². The van der Waals surface area contributed by atoms with E-state index in [1.54, 1.807) is 0 Å². The van der Waals surface area contributed by atoms with Crippen LogP contribution in [0.4, 0.5) is 0 Å². The van der Waals surface area contributed by atoms with Gasteiger partial charge in [0.2, 0.25) is 0 Å². The summed E-state index contributed by atoms with van der Waals surface area (Å²) in [4.78, 5) is 7.08. The lowest BCUT2D eigenvalue weighted by Crippen LogP contribution is -2.53. The number of nitrogens with one attached hydrogen (secondary N) is 1. The molecule has 2 aliphatic heterocycles. The van der Waals surface area contributed by atoms with E-state index in [0.29, 0.717) is 12.0 Å². The number of halogens is 2. The molecule has 4 atom stereocenters. The Kier molecular flexibility index (Phi) is 7.65.